The molecule has 0 saturated carbocycles. The Balaban J connectivity index is 1.68. The van der Waals surface area contributed by atoms with Crippen LogP contribution in [0.4, 0.5) is 23.7 Å². The van der Waals surface area contributed by atoms with Crippen LogP contribution < -0.4 is 10.1 Å². The van der Waals surface area contributed by atoms with Gasteiger partial charge in [-0.3, -0.25) is 0 Å². The summed E-state index contributed by atoms with van der Waals surface area (Å²) >= 11 is 4.40. The van der Waals surface area contributed by atoms with Gasteiger partial charge in [0.1, 0.15) is 5.75 Å². The van der Waals surface area contributed by atoms with Crippen LogP contribution in [0.3, 0.4) is 0 Å². The number of ether oxygens (including phenoxy) is 1. The molecule has 0 bridgehead atoms. The number of carbonyl (C=O) groups excluding carboxylic acids is 1. The van der Waals surface area contributed by atoms with E-state index in [0.717, 1.165) is 37.0 Å². The quantitative estimate of drug-likeness (QED) is 0.407. The van der Waals surface area contributed by atoms with Gasteiger partial charge < -0.3 is 15.0 Å². The molecular formula is C22H25F3N2O2S. The average molecular weight is 439 g/mol. The minimum Gasteiger partial charge on any atom is -0.406 e. The molecule has 30 heavy (non-hydrogen) atoms. The highest BCUT2D eigenvalue weighted by molar-refractivity contribution is 7.80. The summed E-state index contributed by atoms with van der Waals surface area (Å²) in [5.74, 6) is -0.325. The number of unbranched alkanes of at least 4 members (excludes halogenated alkanes) is 2. The fourth-order valence-corrected chi connectivity index (χ4v) is 3.95. The molecule has 3 rings (SSSR count). The number of halogens is 3. The van der Waals surface area contributed by atoms with Crippen LogP contribution in [0.15, 0.2) is 47.4 Å². The third-order valence-electron chi connectivity index (χ3n) is 5.14. The van der Waals surface area contributed by atoms with Crippen LogP contribution in [-0.4, -0.2) is 29.9 Å². The molecule has 1 atom stereocenters. The van der Waals surface area contributed by atoms with Crippen molar-refractivity contribution in [3.8, 4) is 5.75 Å². The highest BCUT2D eigenvalue weighted by Gasteiger charge is 2.31. The van der Waals surface area contributed by atoms with Crippen LogP contribution in [0.2, 0.25) is 0 Å². The van der Waals surface area contributed by atoms with Crippen molar-refractivity contribution in [2.45, 2.75) is 56.3 Å². The molecule has 2 aromatic rings. The highest BCUT2D eigenvalue weighted by atomic mass is 32.1. The Kier molecular flexibility index (Phi) is 7.18. The number of hydrogen-bond acceptors (Lipinski definition) is 3. The second-order valence-electron chi connectivity index (χ2n) is 7.42. The predicted octanol–water partition coefficient (Wildman–Crippen LogP) is 6.07. The third-order valence-corrected chi connectivity index (χ3v) is 5.42. The molecule has 4 nitrogen and oxygen atoms in total. The lowest BCUT2D eigenvalue weighted by Crippen LogP contribution is -2.44. The number of urea groups is 1. The number of nitrogens with zero attached hydrogens (tertiary/aromatic N) is 1. The molecule has 8 heteroatoms. The molecule has 0 radical (unpaired) electrons. The van der Waals surface area contributed by atoms with Gasteiger partial charge in [0.25, 0.3) is 0 Å². The summed E-state index contributed by atoms with van der Waals surface area (Å²) in [6.07, 6.45) is -0.237. The van der Waals surface area contributed by atoms with E-state index >= 15 is 0 Å². The first-order valence-corrected chi connectivity index (χ1v) is 10.4. The first-order valence-electron chi connectivity index (χ1n) is 9.99. The molecule has 0 heterocycles. The van der Waals surface area contributed by atoms with E-state index < -0.39 is 6.36 Å². The predicted molar refractivity (Wildman–Crippen MR) is 113 cm³/mol. The van der Waals surface area contributed by atoms with Gasteiger partial charge in [0.15, 0.2) is 0 Å². The zero-order valence-corrected chi connectivity index (χ0v) is 17.6. The molecule has 0 fully saturated rings. The third kappa shape index (κ3) is 6.08. The zero-order valence-electron chi connectivity index (χ0n) is 16.7. The molecular weight excluding hydrogens is 413 g/mol. The van der Waals surface area contributed by atoms with Crippen molar-refractivity contribution in [1.82, 2.24) is 4.90 Å². The van der Waals surface area contributed by atoms with Gasteiger partial charge in [-0.05, 0) is 66.8 Å². The number of hydrogen-bond donors (Lipinski definition) is 2. The molecule has 0 aromatic heterocycles. The number of rotatable bonds is 7. The summed E-state index contributed by atoms with van der Waals surface area (Å²) < 4.78 is 40.8. The van der Waals surface area contributed by atoms with Gasteiger partial charge in [-0.25, -0.2) is 4.79 Å². The molecule has 2 aromatic carbocycles. The summed E-state index contributed by atoms with van der Waals surface area (Å²) in [7, 11) is 0. The molecule has 162 valence electrons. The minimum absolute atomic E-state index is 0.0415. The maximum absolute atomic E-state index is 13.0. The van der Waals surface area contributed by atoms with Crippen molar-refractivity contribution in [2.75, 3.05) is 11.9 Å². The number of fused-ring (bicyclic) bond motifs is 1. The number of alkyl halides is 3. The van der Waals surface area contributed by atoms with Crippen LogP contribution in [0, 0.1) is 0 Å². The van der Waals surface area contributed by atoms with E-state index in [4.69, 9.17) is 0 Å². The van der Waals surface area contributed by atoms with Gasteiger partial charge in [0.2, 0.25) is 0 Å². The molecule has 0 saturated heterocycles. The van der Waals surface area contributed by atoms with Crippen molar-refractivity contribution in [3.63, 3.8) is 0 Å². The fourth-order valence-electron chi connectivity index (χ4n) is 3.72. The van der Waals surface area contributed by atoms with E-state index in [1.165, 1.54) is 35.4 Å². The van der Waals surface area contributed by atoms with Crippen LogP contribution in [0.25, 0.3) is 0 Å². The summed E-state index contributed by atoms with van der Waals surface area (Å²) in [6.45, 7) is 2.73. The lowest BCUT2D eigenvalue weighted by Gasteiger charge is -2.29. The first kappa shape index (κ1) is 22.3. The SMILES string of the molecule is CCCCCN(C(=O)Nc1ccc(OC(F)(F)F)cc1)C1Cc2ccc(S)cc2C1. The largest absolute Gasteiger partial charge is 0.573 e. The lowest BCUT2D eigenvalue weighted by atomic mass is 10.1. The van der Waals surface area contributed by atoms with E-state index in [1.807, 2.05) is 17.0 Å². The summed E-state index contributed by atoms with van der Waals surface area (Å²) in [4.78, 5) is 15.8. The summed E-state index contributed by atoms with van der Waals surface area (Å²) in [6, 6.07) is 11.0. The second kappa shape index (κ2) is 9.64. The van der Waals surface area contributed by atoms with Gasteiger partial charge in [0.05, 0.1) is 0 Å². The fraction of sp³-hybridized carbons (Fsp3) is 0.409. The maximum atomic E-state index is 13.0. The molecule has 2 amide bonds. The molecule has 1 N–H and O–H groups in total. The molecule has 0 aliphatic heterocycles. The van der Waals surface area contributed by atoms with Gasteiger partial charge in [-0.1, -0.05) is 25.8 Å². The van der Waals surface area contributed by atoms with E-state index in [0.29, 0.717) is 12.2 Å². The smallest absolute Gasteiger partial charge is 0.406 e. The topological polar surface area (TPSA) is 41.6 Å². The molecule has 1 aliphatic carbocycles. The Bertz CT molecular complexity index is 872. The van der Waals surface area contributed by atoms with Crippen LogP contribution in [-0.2, 0) is 12.8 Å². The Morgan fingerprint density at radius 3 is 2.50 bits per heavy atom. The van der Waals surface area contributed by atoms with Crippen molar-refractivity contribution in [3.05, 3.63) is 53.6 Å². The number of amides is 2. The van der Waals surface area contributed by atoms with Gasteiger partial charge in [0, 0.05) is 23.2 Å². The Hall–Kier alpha value is -2.35. The first-order chi connectivity index (χ1) is 14.2. The number of nitrogens with one attached hydrogen (secondary N) is 1. The maximum Gasteiger partial charge on any atom is 0.573 e. The summed E-state index contributed by atoms with van der Waals surface area (Å²) in [5.41, 5.74) is 2.84. The van der Waals surface area contributed by atoms with Crippen LogP contribution in [0.5, 0.6) is 5.75 Å². The number of carbonyl (C=O) groups is 1. The molecule has 0 spiro atoms. The Labute approximate surface area is 179 Å². The number of anilines is 1. The Morgan fingerprint density at radius 1 is 1.13 bits per heavy atom. The number of benzene rings is 2. The van der Waals surface area contributed by atoms with E-state index in [1.54, 1.807) is 0 Å². The van der Waals surface area contributed by atoms with Gasteiger partial charge in [-0.15, -0.1) is 25.8 Å². The Morgan fingerprint density at radius 2 is 1.83 bits per heavy atom. The molecule has 1 unspecified atom stereocenters. The number of thiol groups is 1. The minimum atomic E-state index is -4.74. The van der Waals surface area contributed by atoms with E-state index in [-0.39, 0.29) is 17.8 Å². The van der Waals surface area contributed by atoms with Crippen molar-refractivity contribution in [1.29, 1.82) is 0 Å². The van der Waals surface area contributed by atoms with Gasteiger partial charge >= 0.3 is 12.4 Å². The standard InChI is InChI=1S/C22H25F3N2O2S/c1-2-3-4-11-27(18-12-15-5-10-20(30)14-16(15)13-18)21(28)26-17-6-8-19(9-7-17)29-22(23,24)25/h5-10,14,18,30H,2-4,11-13H2,1H3,(H,26,28). The lowest BCUT2D eigenvalue weighted by molar-refractivity contribution is -0.274. The van der Waals surface area contributed by atoms with Crippen molar-refractivity contribution in [2.24, 2.45) is 0 Å². The monoisotopic (exact) mass is 438 g/mol. The van der Waals surface area contributed by atoms with Crippen molar-refractivity contribution >= 4 is 24.3 Å². The van der Waals surface area contributed by atoms with E-state index in [2.05, 4.69) is 35.7 Å². The van der Waals surface area contributed by atoms with E-state index in [9.17, 15) is 18.0 Å². The normalized spacial score (nSPS) is 15.6. The molecule has 1 aliphatic rings. The average Bonchev–Trinajstić information content (AvgIpc) is 3.08. The highest BCUT2D eigenvalue weighted by Crippen LogP contribution is 2.29. The van der Waals surface area contributed by atoms with Crippen molar-refractivity contribution < 1.29 is 22.7 Å². The van der Waals surface area contributed by atoms with Gasteiger partial charge in [-0.2, -0.15) is 0 Å². The second-order valence-corrected chi connectivity index (χ2v) is 7.93. The van der Waals surface area contributed by atoms with Crippen LogP contribution in [0.1, 0.15) is 37.3 Å². The van der Waals surface area contributed by atoms with Crippen LogP contribution >= 0.6 is 12.6 Å². The zero-order chi connectivity index (χ0) is 21.7. The summed E-state index contributed by atoms with van der Waals surface area (Å²) in [5, 5.41) is 2.81.